The minimum Gasteiger partial charge on any atom is -0.490 e. The minimum atomic E-state index is -4.59. The van der Waals surface area contributed by atoms with E-state index in [0.717, 1.165) is 25.0 Å². The first-order valence-electron chi connectivity index (χ1n) is 11.8. The number of nitrogens with zero attached hydrogens (tertiary/aromatic N) is 3. The van der Waals surface area contributed by atoms with Crippen molar-refractivity contribution < 1.29 is 41.4 Å². The third kappa shape index (κ3) is 6.70. The SMILES string of the molecule is COCC1C[C@@H](NC(=O)c2nnc(-c3cc(C(F)(F)F)ccc3OC3CC3)o2)CN1C(=O)OC(C)(C)C. The highest BCUT2D eigenvalue weighted by Crippen LogP contribution is 2.39. The normalized spacial score (nSPS) is 20.1. The van der Waals surface area contributed by atoms with Crippen LogP contribution in [0.5, 0.6) is 5.75 Å². The second kappa shape index (κ2) is 10.2. The molecule has 10 nitrogen and oxygen atoms in total. The Labute approximate surface area is 211 Å². The molecule has 2 heterocycles. The van der Waals surface area contributed by atoms with Gasteiger partial charge < -0.3 is 28.8 Å². The van der Waals surface area contributed by atoms with E-state index < -0.39 is 41.3 Å². The van der Waals surface area contributed by atoms with Crippen molar-refractivity contribution in [3.05, 3.63) is 29.7 Å². The maximum atomic E-state index is 13.3. The van der Waals surface area contributed by atoms with Crippen LogP contribution in [0.1, 0.15) is 56.3 Å². The Balaban J connectivity index is 1.49. The molecule has 1 saturated carbocycles. The maximum Gasteiger partial charge on any atom is 0.416 e. The Hall–Kier alpha value is -3.35. The molecule has 1 aliphatic carbocycles. The van der Waals surface area contributed by atoms with Crippen molar-refractivity contribution in [2.24, 2.45) is 0 Å². The number of rotatable bonds is 7. The zero-order valence-electron chi connectivity index (χ0n) is 20.9. The van der Waals surface area contributed by atoms with E-state index in [1.54, 1.807) is 20.8 Å². The lowest BCUT2D eigenvalue weighted by molar-refractivity contribution is -0.137. The number of methoxy groups -OCH3 is 1. The molecule has 202 valence electrons. The molecule has 1 aliphatic heterocycles. The van der Waals surface area contributed by atoms with E-state index in [4.69, 9.17) is 18.6 Å². The second-order valence-electron chi connectivity index (χ2n) is 10.1. The Morgan fingerprint density at radius 3 is 2.54 bits per heavy atom. The van der Waals surface area contributed by atoms with E-state index >= 15 is 0 Å². The van der Waals surface area contributed by atoms with Crippen molar-refractivity contribution in [2.75, 3.05) is 20.3 Å². The molecule has 1 N–H and O–H groups in total. The number of hydrogen-bond acceptors (Lipinski definition) is 8. The summed E-state index contributed by atoms with van der Waals surface area (Å²) in [6.45, 7) is 5.68. The number of nitrogens with one attached hydrogen (secondary N) is 1. The molecule has 2 amide bonds. The lowest BCUT2D eigenvalue weighted by Crippen LogP contribution is -2.43. The molecule has 13 heteroatoms. The third-order valence-corrected chi connectivity index (χ3v) is 5.71. The Kier molecular flexibility index (Phi) is 7.36. The average Bonchev–Trinajstić information content (AvgIpc) is 3.30. The Morgan fingerprint density at radius 1 is 1.19 bits per heavy atom. The molecular formula is C24H29F3N4O6. The fourth-order valence-corrected chi connectivity index (χ4v) is 3.93. The molecule has 1 saturated heterocycles. The van der Waals surface area contributed by atoms with Crippen LogP contribution in [0.4, 0.5) is 18.0 Å². The Morgan fingerprint density at radius 2 is 1.92 bits per heavy atom. The molecule has 2 aromatic rings. The number of ether oxygens (including phenoxy) is 3. The molecule has 2 aliphatic rings. The van der Waals surface area contributed by atoms with Gasteiger partial charge in [-0.25, -0.2) is 4.79 Å². The summed E-state index contributed by atoms with van der Waals surface area (Å²) in [5, 5.41) is 10.3. The molecule has 37 heavy (non-hydrogen) atoms. The Bertz CT molecular complexity index is 1140. The van der Waals surface area contributed by atoms with Gasteiger partial charge in [-0.2, -0.15) is 13.2 Å². The summed E-state index contributed by atoms with van der Waals surface area (Å²) in [5.41, 5.74) is -1.65. The molecule has 0 radical (unpaired) electrons. The molecule has 0 bridgehead atoms. The average molecular weight is 527 g/mol. The van der Waals surface area contributed by atoms with Gasteiger partial charge in [0.2, 0.25) is 0 Å². The second-order valence-corrected chi connectivity index (χ2v) is 10.1. The van der Waals surface area contributed by atoms with Crippen LogP contribution in [0.3, 0.4) is 0 Å². The quantitative estimate of drug-likeness (QED) is 0.575. The van der Waals surface area contributed by atoms with Crippen LogP contribution < -0.4 is 10.1 Å². The van der Waals surface area contributed by atoms with Crippen molar-refractivity contribution in [2.45, 2.75) is 70.0 Å². The largest absolute Gasteiger partial charge is 0.490 e. The van der Waals surface area contributed by atoms with Gasteiger partial charge in [0.05, 0.1) is 29.9 Å². The van der Waals surface area contributed by atoms with Crippen molar-refractivity contribution in [3.63, 3.8) is 0 Å². The molecule has 0 spiro atoms. The van der Waals surface area contributed by atoms with Crippen LogP contribution in [0, 0.1) is 0 Å². The van der Waals surface area contributed by atoms with Crippen LogP contribution >= 0.6 is 0 Å². The number of carbonyl (C=O) groups is 2. The number of hydrogen-bond donors (Lipinski definition) is 1. The summed E-state index contributed by atoms with van der Waals surface area (Å²) in [6, 6.07) is 2.20. The minimum absolute atomic E-state index is 0.0506. The summed E-state index contributed by atoms with van der Waals surface area (Å²) in [7, 11) is 1.51. The van der Waals surface area contributed by atoms with E-state index in [9.17, 15) is 22.8 Å². The number of amides is 2. The third-order valence-electron chi connectivity index (χ3n) is 5.71. The standard InChI is InChI=1S/C24H29F3N4O6/c1-23(2,3)37-22(33)31-11-14(10-15(31)12-34-4)28-19(32)21-30-29-20(36-21)17-9-13(24(25,26)27)5-8-18(17)35-16-6-7-16/h5,8-9,14-16H,6-7,10-12H2,1-4H3,(H,28,32)/t14-,15?/m1/s1. The number of halogens is 3. The van der Waals surface area contributed by atoms with E-state index in [1.165, 1.54) is 18.1 Å². The van der Waals surface area contributed by atoms with Gasteiger partial charge in [-0.05, 0) is 58.2 Å². The molecule has 2 atom stereocenters. The monoisotopic (exact) mass is 526 g/mol. The highest BCUT2D eigenvalue weighted by atomic mass is 19.4. The topological polar surface area (TPSA) is 116 Å². The zero-order valence-corrected chi connectivity index (χ0v) is 20.9. The van der Waals surface area contributed by atoms with E-state index in [1.807, 2.05) is 0 Å². The van der Waals surface area contributed by atoms with Crippen LogP contribution in [-0.4, -0.2) is 71.1 Å². The predicted molar refractivity (Wildman–Crippen MR) is 123 cm³/mol. The highest BCUT2D eigenvalue weighted by molar-refractivity contribution is 5.90. The van der Waals surface area contributed by atoms with Gasteiger partial charge in [0, 0.05) is 19.7 Å². The lowest BCUT2D eigenvalue weighted by atomic mass is 10.1. The van der Waals surface area contributed by atoms with Gasteiger partial charge in [0.15, 0.2) is 0 Å². The summed E-state index contributed by atoms with van der Waals surface area (Å²) in [6.07, 6.45) is -3.22. The van der Waals surface area contributed by atoms with Gasteiger partial charge in [-0.1, -0.05) is 0 Å². The first kappa shape index (κ1) is 26.7. The summed E-state index contributed by atoms with van der Waals surface area (Å²) in [4.78, 5) is 26.9. The summed E-state index contributed by atoms with van der Waals surface area (Å²) >= 11 is 0. The number of likely N-dealkylation sites (tertiary alicyclic amines) is 1. The zero-order chi connectivity index (χ0) is 27.0. The molecule has 2 fully saturated rings. The number of aromatic nitrogens is 2. The fraction of sp³-hybridized carbons (Fsp3) is 0.583. The van der Waals surface area contributed by atoms with Crippen LogP contribution in [0.15, 0.2) is 22.6 Å². The summed E-state index contributed by atoms with van der Waals surface area (Å²) in [5.74, 6) is -1.25. The maximum absolute atomic E-state index is 13.3. The van der Waals surface area contributed by atoms with Crippen LogP contribution in [0.2, 0.25) is 0 Å². The smallest absolute Gasteiger partial charge is 0.416 e. The van der Waals surface area contributed by atoms with Crippen molar-refractivity contribution in [1.29, 1.82) is 0 Å². The first-order valence-corrected chi connectivity index (χ1v) is 11.8. The lowest BCUT2D eigenvalue weighted by Gasteiger charge is -2.28. The summed E-state index contributed by atoms with van der Waals surface area (Å²) < 4.78 is 61.7. The van der Waals surface area contributed by atoms with Crippen LogP contribution in [0.25, 0.3) is 11.5 Å². The first-order chi connectivity index (χ1) is 17.3. The number of carbonyl (C=O) groups excluding carboxylic acids is 2. The predicted octanol–water partition coefficient (Wildman–Crippen LogP) is 4.05. The molecular weight excluding hydrogens is 497 g/mol. The molecule has 1 unspecified atom stereocenters. The van der Waals surface area contributed by atoms with Gasteiger partial charge in [0.25, 0.3) is 5.89 Å². The molecule has 1 aromatic carbocycles. The number of benzene rings is 1. The van der Waals surface area contributed by atoms with E-state index in [2.05, 4.69) is 15.5 Å². The van der Waals surface area contributed by atoms with Gasteiger partial charge in [0.1, 0.15) is 11.4 Å². The van der Waals surface area contributed by atoms with E-state index in [0.29, 0.717) is 6.42 Å². The van der Waals surface area contributed by atoms with Crippen molar-refractivity contribution in [3.8, 4) is 17.2 Å². The van der Waals surface area contributed by atoms with Gasteiger partial charge in [-0.3, -0.25) is 4.79 Å². The van der Waals surface area contributed by atoms with Gasteiger partial charge in [-0.15, -0.1) is 10.2 Å². The van der Waals surface area contributed by atoms with E-state index in [-0.39, 0.29) is 42.5 Å². The fourth-order valence-electron chi connectivity index (χ4n) is 3.93. The molecule has 4 rings (SSSR count). The van der Waals surface area contributed by atoms with Crippen molar-refractivity contribution in [1.82, 2.24) is 20.4 Å². The molecule has 1 aromatic heterocycles. The number of alkyl halides is 3. The van der Waals surface area contributed by atoms with Crippen molar-refractivity contribution >= 4 is 12.0 Å². The van der Waals surface area contributed by atoms with Gasteiger partial charge >= 0.3 is 24.1 Å². The highest BCUT2D eigenvalue weighted by Gasteiger charge is 2.39. The van der Waals surface area contributed by atoms with Crippen LogP contribution in [-0.2, 0) is 15.7 Å².